The van der Waals surface area contributed by atoms with E-state index < -0.39 is 0 Å². The molecule has 3 nitrogen and oxygen atoms in total. The number of nitrogens with zero attached hydrogens (tertiary/aromatic N) is 2. The summed E-state index contributed by atoms with van der Waals surface area (Å²) in [5, 5.41) is 0. The molecule has 0 aliphatic carbocycles. The molecule has 0 N–H and O–H groups in total. The van der Waals surface area contributed by atoms with Crippen molar-refractivity contribution < 1.29 is 4.79 Å². The number of aryl methyl sites for hydroxylation is 1. The summed E-state index contributed by atoms with van der Waals surface area (Å²) >= 11 is 0. The lowest BCUT2D eigenvalue weighted by atomic mass is 10.0. The normalized spacial score (nSPS) is 19.1. The lowest BCUT2D eigenvalue weighted by Crippen LogP contribution is -2.39. The van der Waals surface area contributed by atoms with E-state index in [9.17, 15) is 4.79 Å². The van der Waals surface area contributed by atoms with Crippen molar-refractivity contribution in [2.24, 2.45) is 0 Å². The molecule has 2 aromatic rings. The van der Waals surface area contributed by atoms with Gasteiger partial charge in [0.15, 0.2) is 0 Å². The molecule has 0 aromatic heterocycles. The first-order valence-corrected chi connectivity index (χ1v) is 8.97. The number of amides is 1. The smallest absolute Gasteiger partial charge is 0.228 e. The molecule has 124 valence electrons. The van der Waals surface area contributed by atoms with E-state index in [2.05, 4.69) is 54.3 Å². The highest BCUT2D eigenvalue weighted by Gasteiger charge is 2.27. The van der Waals surface area contributed by atoms with Crippen LogP contribution in [0.3, 0.4) is 0 Å². The molecule has 0 saturated carbocycles. The summed E-state index contributed by atoms with van der Waals surface area (Å²) in [4.78, 5) is 17.2. The second-order valence-electron chi connectivity index (χ2n) is 6.90. The fourth-order valence-corrected chi connectivity index (χ4v) is 4.11. The number of hydrogen-bond acceptors (Lipinski definition) is 2. The van der Waals surface area contributed by atoms with Crippen molar-refractivity contribution >= 4 is 17.3 Å². The van der Waals surface area contributed by atoms with Crippen LogP contribution in [0, 0.1) is 0 Å². The zero-order valence-corrected chi connectivity index (χ0v) is 14.2. The third-order valence-corrected chi connectivity index (χ3v) is 5.33. The zero-order valence-electron chi connectivity index (χ0n) is 14.2. The topological polar surface area (TPSA) is 23.6 Å². The Hall–Kier alpha value is -2.29. The van der Waals surface area contributed by atoms with E-state index in [1.165, 1.54) is 16.8 Å². The number of rotatable bonds is 3. The second kappa shape index (κ2) is 6.31. The van der Waals surface area contributed by atoms with Crippen LogP contribution in [0.4, 0.5) is 11.4 Å². The van der Waals surface area contributed by atoms with Crippen LogP contribution in [0.5, 0.6) is 0 Å². The van der Waals surface area contributed by atoms with E-state index >= 15 is 0 Å². The van der Waals surface area contributed by atoms with E-state index in [0.29, 0.717) is 12.5 Å². The highest BCUT2D eigenvalue weighted by atomic mass is 16.2. The number of benzene rings is 2. The average Bonchev–Trinajstić information content (AvgIpc) is 2.94. The van der Waals surface area contributed by atoms with E-state index in [0.717, 1.165) is 38.0 Å². The molecule has 2 aliphatic rings. The van der Waals surface area contributed by atoms with E-state index in [4.69, 9.17) is 0 Å². The highest BCUT2D eigenvalue weighted by Crippen LogP contribution is 2.32. The largest absolute Gasteiger partial charge is 0.368 e. The van der Waals surface area contributed by atoms with Crippen LogP contribution in [0.2, 0.25) is 0 Å². The number of carbonyl (C=O) groups is 1. The number of para-hydroxylation sites is 2. The Balaban J connectivity index is 1.47. The molecule has 1 atom stereocenters. The van der Waals surface area contributed by atoms with Gasteiger partial charge in [0.25, 0.3) is 0 Å². The SMILES string of the molecule is CC1Cc2ccccc2N1CCC(=O)N1CCCc2ccccc21. The average molecular weight is 320 g/mol. The van der Waals surface area contributed by atoms with Gasteiger partial charge in [-0.15, -0.1) is 0 Å². The molecule has 1 unspecified atom stereocenters. The van der Waals surface area contributed by atoms with Crippen molar-refractivity contribution in [1.82, 2.24) is 0 Å². The van der Waals surface area contributed by atoms with Gasteiger partial charge in [-0.3, -0.25) is 4.79 Å². The monoisotopic (exact) mass is 320 g/mol. The molecule has 24 heavy (non-hydrogen) atoms. The van der Waals surface area contributed by atoms with Gasteiger partial charge in [-0.05, 0) is 49.4 Å². The van der Waals surface area contributed by atoms with Crippen LogP contribution < -0.4 is 9.80 Å². The van der Waals surface area contributed by atoms with Gasteiger partial charge in [0.2, 0.25) is 5.91 Å². The Morgan fingerprint density at radius 1 is 1.04 bits per heavy atom. The third-order valence-electron chi connectivity index (χ3n) is 5.33. The van der Waals surface area contributed by atoms with Crippen LogP contribution in [-0.2, 0) is 17.6 Å². The predicted octanol–water partition coefficient (Wildman–Crippen LogP) is 3.81. The Kier molecular flexibility index (Phi) is 4.01. The Morgan fingerprint density at radius 2 is 1.75 bits per heavy atom. The van der Waals surface area contributed by atoms with Gasteiger partial charge >= 0.3 is 0 Å². The number of hydrogen-bond donors (Lipinski definition) is 0. The van der Waals surface area contributed by atoms with Crippen LogP contribution in [0.15, 0.2) is 48.5 Å². The highest BCUT2D eigenvalue weighted by molar-refractivity contribution is 5.94. The molecule has 0 bridgehead atoms. The minimum absolute atomic E-state index is 0.249. The van der Waals surface area contributed by atoms with Crippen molar-refractivity contribution in [2.45, 2.75) is 38.6 Å². The Labute approximate surface area is 143 Å². The molecule has 4 rings (SSSR count). The summed E-state index contributed by atoms with van der Waals surface area (Å²) in [7, 11) is 0. The maximum Gasteiger partial charge on any atom is 0.228 e. The lowest BCUT2D eigenvalue weighted by molar-refractivity contribution is -0.118. The molecule has 2 heterocycles. The maximum atomic E-state index is 12.8. The van der Waals surface area contributed by atoms with Gasteiger partial charge in [-0.2, -0.15) is 0 Å². The van der Waals surface area contributed by atoms with Crippen molar-refractivity contribution in [1.29, 1.82) is 0 Å². The first kappa shape index (κ1) is 15.3. The minimum atomic E-state index is 0.249. The van der Waals surface area contributed by atoms with E-state index in [1.807, 2.05) is 11.0 Å². The minimum Gasteiger partial charge on any atom is -0.368 e. The molecule has 0 fully saturated rings. The summed E-state index contributed by atoms with van der Waals surface area (Å²) in [5.74, 6) is 0.249. The van der Waals surface area contributed by atoms with Crippen LogP contribution in [0.1, 0.15) is 30.9 Å². The fourth-order valence-electron chi connectivity index (χ4n) is 4.11. The molecule has 0 saturated heterocycles. The quantitative estimate of drug-likeness (QED) is 0.858. The molecule has 2 aromatic carbocycles. The first-order valence-electron chi connectivity index (χ1n) is 8.97. The second-order valence-corrected chi connectivity index (χ2v) is 6.90. The molecule has 0 radical (unpaired) electrons. The third kappa shape index (κ3) is 2.68. The summed E-state index contributed by atoms with van der Waals surface area (Å²) in [6.07, 6.45) is 3.80. The summed E-state index contributed by atoms with van der Waals surface area (Å²) in [5.41, 5.74) is 5.12. The summed E-state index contributed by atoms with van der Waals surface area (Å²) in [6.45, 7) is 3.90. The summed E-state index contributed by atoms with van der Waals surface area (Å²) in [6, 6.07) is 17.4. The zero-order chi connectivity index (χ0) is 16.5. The molecular formula is C21H24N2O. The summed E-state index contributed by atoms with van der Waals surface area (Å²) < 4.78 is 0. The molecule has 2 aliphatic heterocycles. The molecule has 0 spiro atoms. The van der Waals surface area contributed by atoms with Crippen LogP contribution in [-0.4, -0.2) is 25.0 Å². The van der Waals surface area contributed by atoms with Crippen molar-refractivity contribution in [2.75, 3.05) is 22.9 Å². The van der Waals surface area contributed by atoms with Gasteiger partial charge in [0, 0.05) is 36.9 Å². The van der Waals surface area contributed by atoms with Crippen LogP contribution in [0.25, 0.3) is 0 Å². The predicted molar refractivity (Wildman–Crippen MR) is 98.7 cm³/mol. The Bertz CT molecular complexity index is 755. The van der Waals surface area contributed by atoms with E-state index in [1.54, 1.807) is 0 Å². The van der Waals surface area contributed by atoms with Crippen molar-refractivity contribution in [3.63, 3.8) is 0 Å². The molecule has 3 heteroatoms. The first-order chi connectivity index (χ1) is 11.7. The van der Waals surface area contributed by atoms with Crippen molar-refractivity contribution in [3.8, 4) is 0 Å². The fraction of sp³-hybridized carbons (Fsp3) is 0.381. The van der Waals surface area contributed by atoms with Gasteiger partial charge < -0.3 is 9.80 Å². The van der Waals surface area contributed by atoms with Crippen LogP contribution >= 0.6 is 0 Å². The number of anilines is 2. The van der Waals surface area contributed by atoms with Gasteiger partial charge in [0.05, 0.1) is 0 Å². The molecular weight excluding hydrogens is 296 g/mol. The lowest BCUT2D eigenvalue weighted by Gasteiger charge is -2.31. The van der Waals surface area contributed by atoms with Gasteiger partial charge in [0.1, 0.15) is 0 Å². The van der Waals surface area contributed by atoms with Gasteiger partial charge in [-0.1, -0.05) is 36.4 Å². The Morgan fingerprint density at radius 3 is 2.58 bits per heavy atom. The number of fused-ring (bicyclic) bond motifs is 2. The number of carbonyl (C=O) groups excluding carboxylic acids is 1. The maximum absolute atomic E-state index is 12.8. The molecule has 1 amide bonds. The van der Waals surface area contributed by atoms with Crippen molar-refractivity contribution in [3.05, 3.63) is 59.7 Å². The van der Waals surface area contributed by atoms with E-state index in [-0.39, 0.29) is 5.91 Å². The van der Waals surface area contributed by atoms with Gasteiger partial charge in [-0.25, -0.2) is 0 Å². The standard InChI is InChI=1S/C21H24N2O/c1-16-15-18-8-3-5-11-20(18)22(16)14-12-21(24)23-13-6-9-17-7-2-4-10-19(17)23/h2-5,7-8,10-11,16H,6,9,12-15H2,1H3.